The van der Waals surface area contributed by atoms with Crippen molar-refractivity contribution < 1.29 is 32.2 Å². The SMILES string of the molecule is COc1cc(OC)c(NS(=O)(=O)c2cc(C(=O)OCc3ccccc3)ccc2OC)cc1Cl. The molecule has 0 fully saturated rings. The molecule has 3 aromatic carbocycles. The summed E-state index contributed by atoms with van der Waals surface area (Å²) in [4.78, 5) is 12.3. The van der Waals surface area contributed by atoms with Gasteiger partial charge in [0.15, 0.2) is 0 Å². The largest absolute Gasteiger partial charge is 0.495 e. The maximum atomic E-state index is 13.2. The molecule has 0 unspecified atom stereocenters. The molecular formula is C23H22ClNO7S. The number of esters is 1. The van der Waals surface area contributed by atoms with Gasteiger partial charge < -0.3 is 18.9 Å². The molecule has 0 heterocycles. The number of sulfonamides is 1. The van der Waals surface area contributed by atoms with Crippen LogP contribution < -0.4 is 18.9 Å². The molecule has 0 aliphatic carbocycles. The highest BCUT2D eigenvalue weighted by Gasteiger charge is 2.24. The van der Waals surface area contributed by atoms with Crippen LogP contribution in [0.4, 0.5) is 5.69 Å². The summed E-state index contributed by atoms with van der Waals surface area (Å²) in [6.07, 6.45) is 0. The molecule has 0 spiro atoms. The molecule has 8 nitrogen and oxygen atoms in total. The first kappa shape index (κ1) is 24.2. The van der Waals surface area contributed by atoms with Crippen molar-refractivity contribution in [3.05, 3.63) is 76.8 Å². The van der Waals surface area contributed by atoms with Gasteiger partial charge in [-0.25, -0.2) is 13.2 Å². The van der Waals surface area contributed by atoms with E-state index in [-0.39, 0.29) is 39.3 Å². The van der Waals surface area contributed by atoms with Gasteiger partial charge in [0, 0.05) is 6.07 Å². The fraction of sp³-hybridized carbons (Fsp3) is 0.174. The topological polar surface area (TPSA) is 100 Å². The van der Waals surface area contributed by atoms with Crippen LogP contribution >= 0.6 is 11.6 Å². The van der Waals surface area contributed by atoms with Gasteiger partial charge in [-0.15, -0.1) is 0 Å². The Kier molecular flexibility index (Phi) is 7.67. The van der Waals surface area contributed by atoms with Crippen molar-refractivity contribution in [3.8, 4) is 17.2 Å². The number of hydrogen-bond acceptors (Lipinski definition) is 7. The van der Waals surface area contributed by atoms with Crippen molar-refractivity contribution in [2.75, 3.05) is 26.1 Å². The first-order valence-electron chi connectivity index (χ1n) is 9.62. The van der Waals surface area contributed by atoms with Crippen molar-refractivity contribution in [2.45, 2.75) is 11.5 Å². The molecule has 0 atom stereocenters. The second kappa shape index (κ2) is 10.5. The zero-order valence-corrected chi connectivity index (χ0v) is 19.7. The lowest BCUT2D eigenvalue weighted by Crippen LogP contribution is -2.16. The minimum Gasteiger partial charge on any atom is -0.495 e. The molecule has 0 amide bonds. The van der Waals surface area contributed by atoms with E-state index < -0.39 is 16.0 Å². The third-order valence-electron chi connectivity index (χ3n) is 4.62. The van der Waals surface area contributed by atoms with Crippen LogP contribution in [-0.4, -0.2) is 35.7 Å². The van der Waals surface area contributed by atoms with E-state index in [1.54, 1.807) is 0 Å². The van der Waals surface area contributed by atoms with Crippen molar-refractivity contribution in [1.29, 1.82) is 0 Å². The molecular weight excluding hydrogens is 470 g/mol. The lowest BCUT2D eigenvalue weighted by molar-refractivity contribution is 0.0472. The first-order chi connectivity index (χ1) is 15.8. The average Bonchev–Trinajstić information content (AvgIpc) is 2.82. The number of carbonyl (C=O) groups excluding carboxylic acids is 1. The summed E-state index contributed by atoms with van der Waals surface area (Å²) < 4.78 is 49.7. The highest BCUT2D eigenvalue weighted by Crippen LogP contribution is 2.37. The van der Waals surface area contributed by atoms with Crippen LogP contribution in [0.2, 0.25) is 5.02 Å². The van der Waals surface area contributed by atoms with Gasteiger partial charge in [-0.1, -0.05) is 41.9 Å². The Bertz CT molecular complexity index is 1250. The minimum absolute atomic E-state index is 0.0423. The normalized spacial score (nSPS) is 10.9. The van der Waals surface area contributed by atoms with Crippen LogP contribution in [-0.2, 0) is 21.4 Å². The molecule has 33 heavy (non-hydrogen) atoms. The molecule has 0 bridgehead atoms. The van der Waals surface area contributed by atoms with E-state index in [2.05, 4.69) is 4.72 Å². The second-order valence-electron chi connectivity index (χ2n) is 6.72. The summed E-state index contributed by atoms with van der Waals surface area (Å²) in [6, 6.07) is 15.9. The van der Waals surface area contributed by atoms with Gasteiger partial charge in [0.2, 0.25) is 0 Å². The summed E-state index contributed by atoms with van der Waals surface area (Å²) in [5.74, 6) is -0.127. The number of carbonyl (C=O) groups is 1. The van der Waals surface area contributed by atoms with Gasteiger partial charge in [-0.05, 0) is 29.8 Å². The monoisotopic (exact) mass is 491 g/mol. The van der Waals surface area contributed by atoms with Gasteiger partial charge in [-0.3, -0.25) is 4.72 Å². The summed E-state index contributed by atoms with van der Waals surface area (Å²) in [7, 11) is -0.0767. The molecule has 0 saturated carbocycles. The summed E-state index contributed by atoms with van der Waals surface area (Å²) in [5, 5.41) is 0.182. The van der Waals surface area contributed by atoms with Crippen LogP contribution in [0.5, 0.6) is 17.2 Å². The number of ether oxygens (including phenoxy) is 4. The van der Waals surface area contributed by atoms with Crippen molar-refractivity contribution in [2.24, 2.45) is 0 Å². The Labute approximate surface area is 197 Å². The Balaban J connectivity index is 1.91. The van der Waals surface area contributed by atoms with Gasteiger partial charge in [0.05, 0.1) is 37.6 Å². The summed E-state index contributed by atoms with van der Waals surface area (Å²) in [5.41, 5.74) is 0.937. The summed E-state index contributed by atoms with van der Waals surface area (Å²) in [6.45, 7) is 0.0492. The molecule has 10 heteroatoms. The number of benzene rings is 3. The molecule has 1 N–H and O–H groups in total. The Hall–Kier alpha value is -3.43. The molecule has 0 aliphatic heterocycles. The maximum absolute atomic E-state index is 13.2. The molecule has 3 rings (SSSR count). The maximum Gasteiger partial charge on any atom is 0.338 e. The van der Waals surface area contributed by atoms with E-state index in [0.29, 0.717) is 5.75 Å². The number of hydrogen-bond donors (Lipinski definition) is 1. The van der Waals surface area contributed by atoms with Crippen LogP contribution in [0.15, 0.2) is 65.6 Å². The molecule has 3 aromatic rings. The van der Waals surface area contributed by atoms with E-state index >= 15 is 0 Å². The van der Waals surface area contributed by atoms with Gasteiger partial charge in [0.25, 0.3) is 10.0 Å². The Morgan fingerprint density at radius 2 is 1.55 bits per heavy atom. The fourth-order valence-corrected chi connectivity index (χ4v) is 4.46. The number of rotatable bonds is 9. The fourth-order valence-electron chi connectivity index (χ4n) is 2.96. The smallest absolute Gasteiger partial charge is 0.338 e. The lowest BCUT2D eigenvalue weighted by Gasteiger charge is -2.16. The van der Waals surface area contributed by atoms with Gasteiger partial charge in [0.1, 0.15) is 28.8 Å². The number of anilines is 1. The van der Waals surface area contributed by atoms with Crippen LogP contribution in [0.3, 0.4) is 0 Å². The quantitative estimate of drug-likeness (QED) is 0.439. The van der Waals surface area contributed by atoms with E-state index in [0.717, 1.165) is 5.56 Å². The number of halogens is 1. The van der Waals surface area contributed by atoms with Crippen LogP contribution in [0.1, 0.15) is 15.9 Å². The predicted octanol–water partition coefficient (Wildman–Crippen LogP) is 4.52. The Morgan fingerprint density at radius 3 is 2.18 bits per heavy atom. The zero-order chi connectivity index (χ0) is 24.0. The minimum atomic E-state index is -4.21. The standard InChI is InChI=1S/C23H22ClNO7S/c1-29-19-10-9-16(23(26)32-14-15-7-5-4-6-8-15)11-22(19)33(27,28)25-18-12-17(24)20(30-2)13-21(18)31-3/h4-13,25H,14H2,1-3H3. The van der Waals surface area contributed by atoms with Gasteiger partial charge >= 0.3 is 5.97 Å². The average molecular weight is 492 g/mol. The van der Waals surface area contributed by atoms with Crippen LogP contribution in [0, 0.1) is 0 Å². The van der Waals surface area contributed by atoms with Crippen molar-refractivity contribution in [1.82, 2.24) is 0 Å². The Morgan fingerprint density at radius 1 is 0.879 bits per heavy atom. The molecule has 0 aliphatic rings. The highest BCUT2D eigenvalue weighted by molar-refractivity contribution is 7.92. The van der Waals surface area contributed by atoms with E-state index in [1.165, 1.54) is 51.7 Å². The highest BCUT2D eigenvalue weighted by atomic mass is 35.5. The third kappa shape index (κ3) is 5.68. The van der Waals surface area contributed by atoms with Crippen LogP contribution in [0.25, 0.3) is 0 Å². The first-order valence-corrected chi connectivity index (χ1v) is 11.5. The van der Waals surface area contributed by atoms with E-state index in [1.807, 2.05) is 30.3 Å². The lowest BCUT2D eigenvalue weighted by atomic mass is 10.2. The molecule has 0 saturated heterocycles. The zero-order valence-electron chi connectivity index (χ0n) is 18.1. The van der Waals surface area contributed by atoms with Crippen molar-refractivity contribution in [3.63, 3.8) is 0 Å². The third-order valence-corrected chi connectivity index (χ3v) is 6.30. The molecule has 0 aromatic heterocycles. The number of methoxy groups -OCH3 is 3. The number of nitrogens with one attached hydrogen (secondary N) is 1. The molecule has 0 radical (unpaired) electrons. The summed E-state index contributed by atoms with van der Waals surface area (Å²) >= 11 is 6.14. The predicted molar refractivity (Wildman–Crippen MR) is 124 cm³/mol. The van der Waals surface area contributed by atoms with Crippen molar-refractivity contribution >= 4 is 33.3 Å². The molecule has 174 valence electrons. The van der Waals surface area contributed by atoms with E-state index in [9.17, 15) is 13.2 Å². The second-order valence-corrected chi connectivity index (χ2v) is 8.78. The van der Waals surface area contributed by atoms with Gasteiger partial charge in [-0.2, -0.15) is 0 Å². The van der Waals surface area contributed by atoms with E-state index in [4.69, 9.17) is 30.5 Å².